The Balaban J connectivity index is 0. The predicted molar refractivity (Wildman–Crippen MR) is 43.6 cm³/mol. The van der Waals surface area contributed by atoms with Gasteiger partial charge in [0.25, 0.3) is 0 Å². The van der Waals surface area contributed by atoms with Crippen LogP contribution in [0.5, 0.6) is 0 Å². The molecule has 0 saturated heterocycles. The van der Waals surface area contributed by atoms with Crippen molar-refractivity contribution in [2.24, 2.45) is 11.7 Å². The van der Waals surface area contributed by atoms with Crippen LogP contribution in [-0.4, -0.2) is 44.4 Å². The van der Waals surface area contributed by atoms with Crippen molar-refractivity contribution < 1.29 is 9.90 Å². The van der Waals surface area contributed by atoms with Crippen molar-refractivity contribution in [2.75, 3.05) is 0 Å². The minimum absolute atomic E-state index is 0. The molecule has 0 spiro atoms. The van der Waals surface area contributed by atoms with Crippen LogP contribution < -0.4 is 5.73 Å². The van der Waals surface area contributed by atoms with Crippen molar-refractivity contribution in [3.8, 4) is 0 Å². The SMILES string of the molecule is CC[C@H](C)[C@H](N)C(=O)O.[PbH2]. The van der Waals surface area contributed by atoms with Crippen LogP contribution in [0.25, 0.3) is 0 Å². The third-order valence-corrected chi connectivity index (χ3v) is 1.54. The number of hydrogen-bond donors (Lipinski definition) is 2. The van der Waals surface area contributed by atoms with Crippen LogP contribution in [0.3, 0.4) is 0 Å². The van der Waals surface area contributed by atoms with E-state index in [2.05, 4.69) is 0 Å². The van der Waals surface area contributed by atoms with Gasteiger partial charge in [0.15, 0.2) is 0 Å². The first-order valence-corrected chi connectivity index (χ1v) is 3.08. The molecule has 0 aliphatic rings. The number of carboxylic acid groups (broad SMARTS) is 1. The molecule has 3 N–H and O–H groups in total. The molecule has 0 aliphatic heterocycles. The molecular formula is C6H15NO2Pb. The van der Waals surface area contributed by atoms with E-state index in [4.69, 9.17) is 10.8 Å². The van der Waals surface area contributed by atoms with Crippen molar-refractivity contribution in [1.29, 1.82) is 0 Å². The number of carbonyl (C=O) groups is 1. The minimum atomic E-state index is -0.913. The van der Waals surface area contributed by atoms with Crippen molar-refractivity contribution in [3.05, 3.63) is 0 Å². The maximum absolute atomic E-state index is 10.2. The van der Waals surface area contributed by atoms with E-state index in [-0.39, 0.29) is 33.2 Å². The Hall–Kier alpha value is 0.352. The van der Waals surface area contributed by atoms with Crippen molar-refractivity contribution >= 4 is 33.3 Å². The molecule has 0 aliphatic carbocycles. The number of hydrogen-bond acceptors (Lipinski definition) is 2. The molecule has 0 saturated carbocycles. The van der Waals surface area contributed by atoms with Gasteiger partial charge in [-0.2, -0.15) is 0 Å². The third-order valence-electron chi connectivity index (χ3n) is 1.54. The van der Waals surface area contributed by atoms with E-state index < -0.39 is 12.0 Å². The van der Waals surface area contributed by atoms with Gasteiger partial charge in [-0.1, -0.05) is 20.3 Å². The molecule has 0 fully saturated rings. The summed E-state index contributed by atoms with van der Waals surface area (Å²) in [5.74, 6) is -0.841. The molecule has 60 valence electrons. The van der Waals surface area contributed by atoms with Crippen LogP contribution in [0.4, 0.5) is 0 Å². The molecule has 10 heavy (non-hydrogen) atoms. The normalized spacial score (nSPS) is 15.1. The van der Waals surface area contributed by atoms with Gasteiger partial charge in [-0.3, -0.25) is 4.79 Å². The van der Waals surface area contributed by atoms with Gasteiger partial charge < -0.3 is 10.8 Å². The fourth-order valence-corrected chi connectivity index (χ4v) is 0.497. The summed E-state index contributed by atoms with van der Waals surface area (Å²) in [6.45, 7) is 3.76. The fourth-order valence-electron chi connectivity index (χ4n) is 0.497. The molecule has 0 aromatic rings. The van der Waals surface area contributed by atoms with Crippen molar-refractivity contribution in [1.82, 2.24) is 0 Å². The van der Waals surface area contributed by atoms with Crippen LogP contribution >= 0.6 is 0 Å². The molecule has 0 bridgehead atoms. The van der Waals surface area contributed by atoms with Crippen LogP contribution in [0.1, 0.15) is 20.3 Å². The number of aliphatic carboxylic acids is 1. The summed E-state index contributed by atoms with van der Waals surface area (Å²) in [5, 5.41) is 8.36. The first-order valence-electron chi connectivity index (χ1n) is 3.08. The van der Waals surface area contributed by atoms with E-state index in [1.807, 2.05) is 13.8 Å². The summed E-state index contributed by atoms with van der Waals surface area (Å²) in [7, 11) is 0. The van der Waals surface area contributed by atoms with Crippen LogP contribution in [0.2, 0.25) is 0 Å². The summed E-state index contributed by atoms with van der Waals surface area (Å²) >= 11 is 0. The van der Waals surface area contributed by atoms with E-state index in [1.165, 1.54) is 0 Å². The van der Waals surface area contributed by atoms with Gasteiger partial charge in [0, 0.05) is 0 Å². The van der Waals surface area contributed by atoms with E-state index in [1.54, 1.807) is 0 Å². The summed E-state index contributed by atoms with van der Waals surface area (Å²) in [4.78, 5) is 10.2. The van der Waals surface area contributed by atoms with E-state index in [0.29, 0.717) is 0 Å². The summed E-state index contributed by atoms with van der Waals surface area (Å²) in [6.07, 6.45) is 0.813. The number of rotatable bonds is 3. The monoisotopic (exact) mass is 341 g/mol. The van der Waals surface area contributed by atoms with Crippen LogP contribution in [-0.2, 0) is 4.79 Å². The molecule has 3 nitrogen and oxygen atoms in total. The first kappa shape index (κ1) is 13.0. The molecule has 0 rings (SSSR count). The molecule has 0 aromatic heterocycles. The molecular weight excluding hydrogens is 325 g/mol. The average Bonchev–Trinajstić information content (AvgIpc) is 1.84. The van der Waals surface area contributed by atoms with Gasteiger partial charge in [-0.15, -0.1) is 0 Å². The molecule has 0 heterocycles. The zero-order valence-corrected chi connectivity index (χ0v) is 12.0. The van der Waals surface area contributed by atoms with Crippen molar-refractivity contribution in [2.45, 2.75) is 26.3 Å². The zero-order chi connectivity index (χ0) is 7.44. The molecule has 2 atom stereocenters. The zero-order valence-electron chi connectivity index (χ0n) is 6.50. The van der Waals surface area contributed by atoms with Gasteiger partial charge in [0.1, 0.15) is 6.04 Å². The maximum atomic E-state index is 10.2. The third kappa shape index (κ3) is 4.21. The molecule has 4 heteroatoms. The number of carboxylic acids is 1. The molecule has 0 amide bonds. The Morgan fingerprint density at radius 3 is 2.20 bits per heavy atom. The van der Waals surface area contributed by atoms with E-state index in [0.717, 1.165) is 6.42 Å². The molecule has 0 unspecified atom stereocenters. The Morgan fingerprint density at radius 1 is 1.70 bits per heavy atom. The Bertz CT molecular complexity index is 108. The topological polar surface area (TPSA) is 63.3 Å². The van der Waals surface area contributed by atoms with Crippen LogP contribution in [0, 0.1) is 5.92 Å². The summed E-state index contributed by atoms with van der Waals surface area (Å²) < 4.78 is 0. The molecule has 2 radical (unpaired) electrons. The van der Waals surface area contributed by atoms with Gasteiger partial charge >= 0.3 is 33.3 Å². The van der Waals surface area contributed by atoms with E-state index in [9.17, 15) is 4.79 Å². The summed E-state index contributed by atoms with van der Waals surface area (Å²) in [5.41, 5.74) is 5.27. The van der Waals surface area contributed by atoms with Crippen LogP contribution in [0.15, 0.2) is 0 Å². The van der Waals surface area contributed by atoms with Gasteiger partial charge in [0.05, 0.1) is 0 Å². The van der Waals surface area contributed by atoms with Gasteiger partial charge in [0.2, 0.25) is 0 Å². The molecule has 0 aromatic carbocycles. The second-order valence-electron chi connectivity index (χ2n) is 2.25. The fraction of sp³-hybridized carbons (Fsp3) is 0.833. The summed E-state index contributed by atoms with van der Waals surface area (Å²) in [6, 6.07) is -0.699. The Morgan fingerprint density at radius 2 is 2.10 bits per heavy atom. The van der Waals surface area contributed by atoms with Crippen molar-refractivity contribution in [3.63, 3.8) is 0 Å². The Kier molecular flexibility index (Phi) is 7.90. The number of nitrogens with two attached hydrogens (primary N) is 1. The quantitative estimate of drug-likeness (QED) is 0.683. The Labute approximate surface area is 81.1 Å². The predicted octanol–water partition coefficient (Wildman–Crippen LogP) is -0.472. The second kappa shape index (κ2) is 6.09. The standard InChI is InChI=1S/C6H13NO2.Pb.2H/c1-3-4(2)5(7)6(8)9;;;/h4-5H,3,7H2,1-2H3,(H,8,9);;;/t4-,5-;;;/m0.../s1. The second-order valence-corrected chi connectivity index (χ2v) is 2.25. The first-order chi connectivity index (χ1) is 4.09. The van der Waals surface area contributed by atoms with Gasteiger partial charge in [-0.05, 0) is 5.92 Å². The van der Waals surface area contributed by atoms with Gasteiger partial charge in [-0.25, -0.2) is 0 Å². The van der Waals surface area contributed by atoms with E-state index >= 15 is 0 Å². The average molecular weight is 340 g/mol.